The number of rotatable bonds is 5. The molecule has 3 N–H and O–H groups in total. The predicted molar refractivity (Wildman–Crippen MR) is 108 cm³/mol. The number of benzene rings is 2. The number of carbonyl (C=O) groups is 2. The molecule has 148 valence electrons. The number of imide groups is 1. The number of hydrogen-bond acceptors (Lipinski definition) is 4. The van der Waals surface area contributed by atoms with E-state index in [4.69, 9.17) is 4.74 Å². The van der Waals surface area contributed by atoms with Gasteiger partial charge in [-0.25, -0.2) is 4.79 Å². The Bertz CT molecular complexity index is 804. The van der Waals surface area contributed by atoms with E-state index in [1.165, 1.54) is 7.05 Å². The maximum Gasteiger partial charge on any atom is 0.321 e. The summed E-state index contributed by atoms with van der Waals surface area (Å²) >= 11 is 0. The van der Waals surface area contributed by atoms with Crippen LogP contribution in [0, 0.1) is 0 Å². The Balaban J connectivity index is 1.73. The van der Waals surface area contributed by atoms with Crippen molar-refractivity contribution in [1.82, 2.24) is 10.6 Å². The van der Waals surface area contributed by atoms with Gasteiger partial charge in [0.05, 0.1) is 33.3 Å². The molecule has 1 aliphatic heterocycles. The van der Waals surface area contributed by atoms with Crippen LogP contribution in [0.4, 0.5) is 10.5 Å². The first-order valence-corrected chi connectivity index (χ1v) is 9.43. The molecule has 0 unspecified atom stereocenters. The molecule has 0 aliphatic carbocycles. The lowest BCUT2D eigenvalue weighted by molar-refractivity contribution is -0.922. The predicted octanol–water partition coefficient (Wildman–Crippen LogP) is 0.597. The fraction of sp³-hybridized carbons (Fsp3) is 0.333. The van der Waals surface area contributed by atoms with Crippen LogP contribution in [0.15, 0.2) is 54.6 Å². The highest BCUT2D eigenvalue weighted by Crippen LogP contribution is 2.21. The summed E-state index contributed by atoms with van der Waals surface area (Å²) in [7, 11) is 3.16. The SMILES string of the molecule is CNC(=O)NC(=O)[C@@H](c1ccccc1)[NH+]1CCN(c2cccc(OC)c2)CC1. The van der Waals surface area contributed by atoms with Gasteiger partial charge in [0.1, 0.15) is 5.75 Å². The number of nitrogens with zero attached hydrogens (tertiary/aromatic N) is 1. The Hall–Kier alpha value is -3.06. The van der Waals surface area contributed by atoms with Gasteiger partial charge in [-0.1, -0.05) is 36.4 Å². The zero-order valence-electron chi connectivity index (χ0n) is 16.3. The molecule has 1 aliphatic rings. The second-order valence-corrected chi connectivity index (χ2v) is 6.76. The number of carbonyl (C=O) groups excluding carboxylic acids is 2. The Morgan fingerprint density at radius 3 is 2.43 bits per heavy atom. The molecule has 7 heteroatoms. The summed E-state index contributed by atoms with van der Waals surface area (Å²) in [5.74, 6) is 0.551. The molecule has 1 atom stereocenters. The summed E-state index contributed by atoms with van der Waals surface area (Å²) in [5.41, 5.74) is 2.03. The van der Waals surface area contributed by atoms with E-state index < -0.39 is 12.1 Å². The fourth-order valence-corrected chi connectivity index (χ4v) is 3.61. The summed E-state index contributed by atoms with van der Waals surface area (Å²) in [5, 5.41) is 4.89. The van der Waals surface area contributed by atoms with Crippen molar-refractivity contribution in [3.63, 3.8) is 0 Å². The lowest BCUT2D eigenvalue weighted by Crippen LogP contribution is -3.16. The van der Waals surface area contributed by atoms with Crippen molar-refractivity contribution in [2.45, 2.75) is 6.04 Å². The van der Waals surface area contributed by atoms with Crippen molar-refractivity contribution < 1.29 is 19.2 Å². The Morgan fingerprint density at radius 1 is 1.07 bits per heavy atom. The fourth-order valence-electron chi connectivity index (χ4n) is 3.61. The minimum Gasteiger partial charge on any atom is -0.497 e. The van der Waals surface area contributed by atoms with Gasteiger partial charge < -0.3 is 19.9 Å². The molecule has 1 saturated heterocycles. The molecule has 0 radical (unpaired) electrons. The quantitative estimate of drug-likeness (QED) is 0.707. The normalized spacial score (nSPS) is 15.6. The monoisotopic (exact) mass is 383 g/mol. The summed E-state index contributed by atoms with van der Waals surface area (Å²) in [6.45, 7) is 3.22. The van der Waals surface area contributed by atoms with Crippen molar-refractivity contribution in [2.75, 3.05) is 45.2 Å². The van der Waals surface area contributed by atoms with Crippen LogP contribution >= 0.6 is 0 Å². The van der Waals surface area contributed by atoms with E-state index in [2.05, 4.69) is 21.6 Å². The van der Waals surface area contributed by atoms with Crippen LogP contribution in [0.5, 0.6) is 5.75 Å². The van der Waals surface area contributed by atoms with Gasteiger partial charge in [-0.05, 0) is 12.1 Å². The van der Waals surface area contributed by atoms with Crippen molar-refractivity contribution >= 4 is 17.6 Å². The summed E-state index contributed by atoms with van der Waals surface area (Å²) in [6, 6.07) is 16.7. The number of nitrogens with one attached hydrogen (secondary N) is 3. The highest BCUT2D eigenvalue weighted by Gasteiger charge is 2.35. The third-order valence-electron chi connectivity index (χ3n) is 5.09. The first-order valence-electron chi connectivity index (χ1n) is 9.43. The zero-order valence-corrected chi connectivity index (χ0v) is 16.3. The zero-order chi connectivity index (χ0) is 19.9. The first kappa shape index (κ1) is 19.7. The van der Waals surface area contributed by atoms with E-state index in [1.807, 2.05) is 48.5 Å². The maximum atomic E-state index is 12.8. The van der Waals surface area contributed by atoms with Gasteiger partial charge in [0.2, 0.25) is 0 Å². The largest absolute Gasteiger partial charge is 0.497 e. The van der Waals surface area contributed by atoms with Crippen LogP contribution in [-0.4, -0.2) is 52.3 Å². The summed E-state index contributed by atoms with van der Waals surface area (Å²) in [6.07, 6.45) is 0. The molecule has 0 aromatic heterocycles. The molecule has 7 nitrogen and oxygen atoms in total. The molecule has 2 aromatic carbocycles. The van der Waals surface area contributed by atoms with Crippen molar-refractivity contribution in [3.8, 4) is 5.75 Å². The molecule has 28 heavy (non-hydrogen) atoms. The number of anilines is 1. The Labute approximate surface area is 165 Å². The third-order valence-corrected chi connectivity index (χ3v) is 5.09. The Morgan fingerprint density at radius 2 is 1.79 bits per heavy atom. The average molecular weight is 383 g/mol. The molecule has 1 fully saturated rings. The van der Waals surface area contributed by atoms with Gasteiger partial charge in [-0.2, -0.15) is 0 Å². The molecule has 0 bridgehead atoms. The smallest absolute Gasteiger partial charge is 0.321 e. The summed E-state index contributed by atoms with van der Waals surface area (Å²) in [4.78, 5) is 27.9. The van der Waals surface area contributed by atoms with Gasteiger partial charge in [-0.3, -0.25) is 10.1 Å². The Kier molecular flexibility index (Phi) is 6.49. The van der Waals surface area contributed by atoms with Crippen LogP contribution in [0.3, 0.4) is 0 Å². The van der Waals surface area contributed by atoms with Gasteiger partial charge in [0.15, 0.2) is 6.04 Å². The van der Waals surface area contributed by atoms with Gasteiger partial charge in [0, 0.05) is 24.4 Å². The number of hydrogen-bond donors (Lipinski definition) is 3. The van der Waals surface area contributed by atoms with Gasteiger partial charge in [-0.15, -0.1) is 0 Å². The molecule has 3 amide bonds. The average Bonchev–Trinajstić information content (AvgIpc) is 2.75. The van der Waals surface area contributed by atoms with E-state index in [0.717, 1.165) is 48.1 Å². The molecule has 0 saturated carbocycles. The van der Waals surface area contributed by atoms with E-state index in [1.54, 1.807) is 7.11 Å². The van der Waals surface area contributed by atoms with E-state index in [-0.39, 0.29) is 5.91 Å². The second-order valence-electron chi connectivity index (χ2n) is 6.76. The minimum absolute atomic E-state index is 0.282. The van der Waals surface area contributed by atoms with Crippen LogP contribution < -0.4 is 25.2 Å². The van der Waals surface area contributed by atoms with Crippen LogP contribution in [-0.2, 0) is 4.79 Å². The number of ether oxygens (including phenoxy) is 1. The number of piperazine rings is 1. The molecular formula is C21H27N4O3+. The number of quaternary nitrogens is 1. The third kappa shape index (κ3) is 4.61. The minimum atomic E-state index is -0.486. The number of amides is 3. The maximum absolute atomic E-state index is 12.8. The number of methoxy groups -OCH3 is 1. The van der Waals surface area contributed by atoms with Gasteiger partial charge in [0.25, 0.3) is 5.91 Å². The highest BCUT2D eigenvalue weighted by molar-refractivity contribution is 5.96. The van der Waals surface area contributed by atoms with E-state index in [0.29, 0.717) is 0 Å². The molecular weight excluding hydrogens is 356 g/mol. The molecule has 1 heterocycles. The van der Waals surface area contributed by atoms with E-state index in [9.17, 15) is 9.59 Å². The van der Waals surface area contributed by atoms with Crippen LogP contribution in [0.25, 0.3) is 0 Å². The standard InChI is InChI=1S/C21H26N4O3/c1-22-21(27)23-20(26)19(16-7-4-3-5-8-16)25-13-11-24(12-14-25)17-9-6-10-18(15-17)28-2/h3-10,15,19H,11-14H2,1-2H3,(H2,22,23,26,27)/p+1/t19-/m1/s1. The lowest BCUT2D eigenvalue weighted by atomic mass is 10.0. The summed E-state index contributed by atoms with van der Waals surface area (Å²) < 4.78 is 5.32. The number of urea groups is 1. The second kappa shape index (κ2) is 9.23. The highest BCUT2D eigenvalue weighted by atomic mass is 16.5. The van der Waals surface area contributed by atoms with Crippen molar-refractivity contribution in [3.05, 3.63) is 60.2 Å². The molecule has 2 aromatic rings. The van der Waals surface area contributed by atoms with Crippen LogP contribution in [0.2, 0.25) is 0 Å². The van der Waals surface area contributed by atoms with Crippen molar-refractivity contribution in [1.29, 1.82) is 0 Å². The molecule has 0 spiro atoms. The first-order chi connectivity index (χ1) is 13.6. The van der Waals surface area contributed by atoms with Crippen LogP contribution in [0.1, 0.15) is 11.6 Å². The molecule has 3 rings (SSSR count). The van der Waals surface area contributed by atoms with E-state index >= 15 is 0 Å². The van der Waals surface area contributed by atoms with Crippen molar-refractivity contribution in [2.24, 2.45) is 0 Å². The van der Waals surface area contributed by atoms with Gasteiger partial charge >= 0.3 is 6.03 Å². The topological polar surface area (TPSA) is 75.1 Å². The lowest BCUT2D eigenvalue weighted by Gasteiger charge is -2.37.